The third kappa shape index (κ3) is 2.27. The van der Waals surface area contributed by atoms with Crippen LogP contribution in [0.4, 0.5) is 10.1 Å². The van der Waals surface area contributed by atoms with Crippen LogP contribution < -0.4 is 0 Å². The molecule has 0 aromatic heterocycles. The molecule has 1 heterocycles. The van der Waals surface area contributed by atoms with Gasteiger partial charge in [-0.3, -0.25) is 4.99 Å². The van der Waals surface area contributed by atoms with E-state index in [2.05, 4.69) is 15.0 Å². The van der Waals surface area contributed by atoms with Crippen molar-refractivity contribution in [1.29, 1.82) is 0 Å². The van der Waals surface area contributed by atoms with Crippen LogP contribution in [0.5, 0.6) is 0 Å². The Bertz CT molecular complexity index is 484. The number of halogens is 1. The van der Waals surface area contributed by atoms with Crippen molar-refractivity contribution in [3.05, 3.63) is 40.3 Å². The highest BCUT2D eigenvalue weighted by Crippen LogP contribution is 2.31. The van der Waals surface area contributed by atoms with Gasteiger partial charge in [0.1, 0.15) is 12.2 Å². The van der Waals surface area contributed by atoms with Crippen LogP contribution in [-0.2, 0) is 10.3 Å². The maximum absolute atomic E-state index is 13.2. The van der Waals surface area contributed by atoms with Crippen molar-refractivity contribution in [1.82, 2.24) is 0 Å². The zero-order valence-corrected chi connectivity index (χ0v) is 9.08. The van der Waals surface area contributed by atoms with Gasteiger partial charge in [-0.05, 0) is 17.2 Å². The Balaban J connectivity index is 2.43. The van der Waals surface area contributed by atoms with Gasteiger partial charge in [0.15, 0.2) is 0 Å². The maximum atomic E-state index is 13.2. The molecular formula is C11H11FN4O. The number of rotatable bonds is 3. The van der Waals surface area contributed by atoms with Gasteiger partial charge in [0.2, 0.25) is 0 Å². The van der Waals surface area contributed by atoms with Gasteiger partial charge in [-0.25, -0.2) is 4.39 Å². The topological polar surface area (TPSA) is 70.4 Å². The second kappa shape index (κ2) is 4.95. The molecule has 0 bridgehead atoms. The summed E-state index contributed by atoms with van der Waals surface area (Å²) in [7, 11) is 0. The van der Waals surface area contributed by atoms with E-state index < -0.39 is 12.2 Å². The Hall–Kier alpha value is -1.91. The van der Waals surface area contributed by atoms with Gasteiger partial charge in [0.05, 0.1) is 13.2 Å². The fourth-order valence-corrected chi connectivity index (χ4v) is 1.75. The summed E-state index contributed by atoms with van der Waals surface area (Å²) in [6, 6.07) is 6.75. The van der Waals surface area contributed by atoms with Crippen LogP contribution in [0.1, 0.15) is 5.56 Å². The summed E-state index contributed by atoms with van der Waals surface area (Å²) < 4.78 is 18.5. The SMILES string of the molecule is [N-]=[N+]=Nc1cccc(C2(CF)COCC=N2)c1. The van der Waals surface area contributed by atoms with Crippen LogP contribution in [-0.4, -0.2) is 26.1 Å². The second-order valence-corrected chi connectivity index (χ2v) is 3.73. The van der Waals surface area contributed by atoms with E-state index in [0.717, 1.165) is 0 Å². The molecule has 17 heavy (non-hydrogen) atoms. The molecule has 1 aromatic carbocycles. The zero-order chi connectivity index (χ0) is 12.1. The van der Waals surface area contributed by atoms with E-state index in [-0.39, 0.29) is 6.61 Å². The lowest BCUT2D eigenvalue weighted by molar-refractivity contribution is 0.0865. The highest BCUT2D eigenvalue weighted by atomic mass is 19.1. The molecule has 0 radical (unpaired) electrons. The normalized spacial score (nSPS) is 23.1. The molecular weight excluding hydrogens is 223 g/mol. The van der Waals surface area contributed by atoms with Gasteiger partial charge < -0.3 is 4.74 Å². The van der Waals surface area contributed by atoms with E-state index in [0.29, 0.717) is 17.9 Å². The molecule has 88 valence electrons. The lowest BCUT2D eigenvalue weighted by Gasteiger charge is -2.29. The van der Waals surface area contributed by atoms with Crippen LogP contribution in [0.2, 0.25) is 0 Å². The molecule has 1 aliphatic heterocycles. The molecule has 5 nitrogen and oxygen atoms in total. The van der Waals surface area contributed by atoms with Crippen LogP contribution in [0.25, 0.3) is 10.4 Å². The number of aliphatic imine (C=N–C) groups is 1. The van der Waals surface area contributed by atoms with E-state index in [1.165, 1.54) is 0 Å². The van der Waals surface area contributed by atoms with Crippen molar-refractivity contribution < 1.29 is 9.13 Å². The molecule has 0 amide bonds. The van der Waals surface area contributed by atoms with Gasteiger partial charge in [-0.1, -0.05) is 23.3 Å². The average molecular weight is 234 g/mol. The molecule has 0 aliphatic carbocycles. The van der Waals surface area contributed by atoms with Crippen LogP contribution in [0.3, 0.4) is 0 Å². The summed E-state index contributed by atoms with van der Waals surface area (Å²) in [6.07, 6.45) is 1.56. The molecule has 2 rings (SSSR count). The first-order valence-electron chi connectivity index (χ1n) is 5.14. The molecule has 1 unspecified atom stereocenters. The molecule has 0 saturated heterocycles. The minimum absolute atomic E-state index is 0.194. The fraction of sp³-hybridized carbons (Fsp3) is 0.364. The van der Waals surface area contributed by atoms with Crippen molar-refractivity contribution in [2.75, 3.05) is 19.9 Å². The Morgan fingerprint density at radius 1 is 1.59 bits per heavy atom. The molecule has 0 fully saturated rings. The summed E-state index contributed by atoms with van der Waals surface area (Å²) in [4.78, 5) is 6.89. The summed E-state index contributed by atoms with van der Waals surface area (Å²) in [5.41, 5.74) is 8.47. The Kier molecular flexibility index (Phi) is 3.37. The van der Waals surface area contributed by atoms with E-state index in [1.807, 2.05) is 0 Å². The quantitative estimate of drug-likeness (QED) is 0.450. The lowest BCUT2D eigenvalue weighted by Crippen LogP contribution is -2.35. The van der Waals surface area contributed by atoms with Crippen molar-refractivity contribution in [3.63, 3.8) is 0 Å². The van der Waals surface area contributed by atoms with Gasteiger partial charge >= 0.3 is 0 Å². The number of ether oxygens (including phenoxy) is 1. The van der Waals surface area contributed by atoms with E-state index in [1.54, 1.807) is 30.5 Å². The third-order valence-electron chi connectivity index (χ3n) is 2.64. The van der Waals surface area contributed by atoms with Crippen LogP contribution in [0, 0.1) is 0 Å². The van der Waals surface area contributed by atoms with Gasteiger partial charge in [0.25, 0.3) is 0 Å². The minimum Gasteiger partial charge on any atom is -0.373 e. The fourth-order valence-electron chi connectivity index (χ4n) is 1.75. The predicted molar refractivity (Wildman–Crippen MR) is 62.2 cm³/mol. The number of azide groups is 1. The first-order chi connectivity index (χ1) is 8.30. The van der Waals surface area contributed by atoms with E-state index in [9.17, 15) is 4.39 Å². The first-order valence-corrected chi connectivity index (χ1v) is 5.14. The molecule has 0 N–H and O–H groups in total. The molecule has 1 aromatic rings. The predicted octanol–water partition coefficient (Wildman–Crippen LogP) is 2.89. The number of benzene rings is 1. The largest absolute Gasteiger partial charge is 0.373 e. The number of hydrogen-bond acceptors (Lipinski definition) is 3. The number of hydrogen-bond donors (Lipinski definition) is 0. The Morgan fingerprint density at radius 3 is 3.12 bits per heavy atom. The second-order valence-electron chi connectivity index (χ2n) is 3.73. The summed E-state index contributed by atoms with van der Waals surface area (Å²) in [5, 5.41) is 3.49. The molecule has 0 spiro atoms. The number of alkyl halides is 1. The van der Waals surface area contributed by atoms with Gasteiger partial charge in [-0.2, -0.15) is 0 Å². The minimum atomic E-state index is -1.00. The lowest BCUT2D eigenvalue weighted by atomic mass is 9.92. The highest BCUT2D eigenvalue weighted by Gasteiger charge is 2.33. The molecule has 1 aliphatic rings. The molecule has 0 saturated carbocycles. The molecule has 1 atom stereocenters. The first kappa shape index (κ1) is 11.6. The summed E-state index contributed by atoms with van der Waals surface area (Å²) in [6.45, 7) is -0.0548. The zero-order valence-electron chi connectivity index (χ0n) is 9.08. The number of nitrogens with zero attached hydrogens (tertiary/aromatic N) is 4. The third-order valence-corrected chi connectivity index (χ3v) is 2.64. The van der Waals surface area contributed by atoms with Crippen molar-refractivity contribution >= 4 is 11.9 Å². The monoisotopic (exact) mass is 234 g/mol. The van der Waals surface area contributed by atoms with E-state index in [4.69, 9.17) is 10.3 Å². The van der Waals surface area contributed by atoms with Crippen molar-refractivity contribution in [2.45, 2.75) is 5.54 Å². The van der Waals surface area contributed by atoms with Crippen LogP contribution in [0.15, 0.2) is 34.4 Å². The standard InChI is InChI=1S/C11H11FN4O/c12-7-11(8-17-5-4-14-11)9-2-1-3-10(6-9)15-16-13/h1-4,6H,5,7-8H2. The maximum Gasteiger partial charge on any atom is 0.137 e. The van der Waals surface area contributed by atoms with Gasteiger partial charge in [-0.15, -0.1) is 0 Å². The highest BCUT2D eigenvalue weighted by molar-refractivity contribution is 5.61. The van der Waals surface area contributed by atoms with Crippen molar-refractivity contribution in [3.8, 4) is 0 Å². The van der Waals surface area contributed by atoms with Gasteiger partial charge in [0, 0.05) is 16.8 Å². The smallest absolute Gasteiger partial charge is 0.137 e. The Labute approximate surface area is 97.6 Å². The summed E-state index contributed by atoms with van der Waals surface area (Å²) >= 11 is 0. The Morgan fingerprint density at radius 2 is 2.47 bits per heavy atom. The van der Waals surface area contributed by atoms with E-state index >= 15 is 0 Å². The average Bonchev–Trinajstić information content (AvgIpc) is 2.40. The van der Waals surface area contributed by atoms with Crippen molar-refractivity contribution in [2.24, 2.45) is 10.1 Å². The van der Waals surface area contributed by atoms with Crippen LogP contribution >= 0.6 is 0 Å². The summed E-state index contributed by atoms with van der Waals surface area (Å²) in [5.74, 6) is 0. The molecule has 6 heteroatoms.